The third kappa shape index (κ3) is 1.60. The monoisotopic (exact) mass is 154 g/mol. The standard InChI is InChI=1S/C8H14N2O/c1-6-4-7(10-11-6)8(2,3)5-9/h4H,5,9H2,1-3H3. The second kappa shape index (κ2) is 2.66. The van der Waals surface area contributed by atoms with Gasteiger partial charge in [-0.05, 0) is 6.92 Å². The molecule has 1 rings (SSSR count). The second-order valence-electron chi connectivity index (χ2n) is 3.41. The van der Waals surface area contributed by atoms with E-state index in [2.05, 4.69) is 5.16 Å². The summed E-state index contributed by atoms with van der Waals surface area (Å²) in [6, 6.07) is 1.92. The van der Waals surface area contributed by atoms with Crippen molar-refractivity contribution >= 4 is 0 Å². The molecule has 0 aliphatic heterocycles. The highest BCUT2D eigenvalue weighted by molar-refractivity contribution is 5.14. The number of nitrogens with two attached hydrogens (primary N) is 1. The van der Waals surface area contributed by atoms with Gasteiger partial charge in [0.05, 0.1) is 5.69 Å². The van der Waals surface area contributed by atoms with E-state index in [1.807, 2.05) is 26.8 Å². The molecule has 3 nitrogen and oxygen atoms in total. The van der Waals surface area contributed by atoms with E-state index in [-0.39, 0.29) is 5.41 Å². The van der Waals surface area contributed by atoms with Crippen LogP contribution in [0.1, 0.15) is 25.3 Å². The van der Waals surface area contributed by atoms with Crippen LogP contribution >= 0.6 is 0 Å². The third-order valence-corrected chi connectivity index (χ3v) is 1.83. The minimum absolute atomic E-state index is 0.0717. The van der Waals surface area contributed by atoms with Crippen LogP contribution in [0.5, 0.6) is 0 Å². The molecular weight excluding hydrogens is 140 g/mol. The van der Waals surface area contributed by atoms with E-state index < -0.39 is 0 Å². The van der Waals surface area contributed by atoms with E-state index in [0.717, 1.165) is 11.5 Å². The molecular formula is C8H14N2O. The summed E-state index contributed by atoms with van der Waals surface area (Å²) in [6.45, 7) is 6.55. The number of aryl methyl sites for hydroxylation is 1. The Morgan fingerprint density at radius 1 is 1.64 bits per heavy atom. The zero-order chi connectivity index (χ0) is 8.48. The summed E-state index contributed by atoms with van der Waals surface area (Å²) in [5, 5.41) is 3.90. The van der Waals surface area contributed by atoms with Crippen LogP contribution in [-0.2, 0) is 5.41 Å². The van der Waals surface area contributed by atoms with Crippen molar-refractivity contribution < 1.29 is 4.52 Å². The molecule has 0 saturated carbocycles. The van der Waals surface area contributed by atoms with Crippen molar-refractivity contribution in [2.75, 3.05) is 6.54 Å². The van der Waals surface area contributed by atoms with E-state index in [1.165, 1.54) is 0 Å². The lowest BCUT2D eigenvalue weighted by Crippen LogP contribution is -2.28. The highest BCUT2D eigenvalue weighted by atomic mass is 16.5. The molecule has 0 spiro atoms. The molecule has 0 unspecified atom stereocenters. The van der Waals surface area contributed by atoms with Crippen LogP contribution in [0.4, 0.5) is 0 Å². The Kier molecular flexibility index (Phi) is 2.00. The highest BCUT2D eigenvalue weighted by Crippen LogP contribution is 2.20. The molecule has 0 aliphatic carbocycles. The van der Waals surface area contributed by atoms with Crippen molar-refractivity contribution in [1.82, 2.24) is 5.16 Å². The SMILES string of the molecule is Cc1cc(C(C)(C)CN)no1. The van der Waals surface area contributed by atoms with Crippen LogP contribution in [0.2, 0.25) is 0 Å². The first kappa shape index (κ1) is 8.27. The molecule has 1 aromatic heterocycles. The average Bonchev–Trinajstić information content (AvgIpc) is 2.36. The van der Waals surface area contributed by atoms with Crippen LogP contribution in [0, 0.1) is 6.92 Å². The van der Waals surface area contributed by atoms with E-state index in [4.69, 9.17) is 10.3 Å². The molecule has 0 aliphatic rings. The summed E-state index contributed by atoms with van der Waals surface area (Å²) < 4.78 is 4.95. The fraction of sp³-hybridized carbons (Fsp3) is 0.625. The number of aromatic nitrogens is 1. The quantitative estimate of drug-likeness (QED) is 0.696. The molecule has 3 heteroatoms. The Bertz CT molecular complexity index is 240. The van der Waals surface area contributed by atoms with Gasteiger partial charge in [-0.2, -0.15) is 0 Å². The molecule has 62 valence electrons. The summed E-state index contributed by atoms with van der Waals surface area (Å²) >= 11 is 0. The van der Waals surface area contributed by atoms with Crippen molar-refractivity contribution in [3.05, 3.63) is 17.5 Å². The molecule has 0 radical (unpaired) electrons. The fourth-order valence-corrected chi connectivity index (χ4v) is 0.790. The van der Waals surface area contributed by atoms with Gasteiger partial charge in [0.2, 0.25) is 0 Å². The lowest BCUT2D eigenvalue weighted by molar-refractivity contribution is 0.371. The third-order valence-electron chi connectivity index (χ3n) is 1.83. The van der Waals surface area contributed by atoms with Crippen LogP contribution < -0.4 is 5.73 Å². The van der Waals surface area contributed by atoms with Crippen LogP contribution in [0.25, 0.3) is 0 Å². The molecule has 0 amide bonds. The smallest absolute Gasteiger partial charge is 0.133 e. The number of rotatable bonds is 2. The molecule has 0 aromatic carbocycles. The van der Waals surface area contributed by atoms with Gasteiger partial charge in [0, 0.05) is 18.0 Å². The van der Waals surface area contributed by atoms with E-state index >= 15 is 0 Å². The van der Waals surface area contributed by atoms with Crippen molar-refractivity contribution in [3.8, 4) is 0 Å². The predicted octanol–water partition coefficient (Wildman–Crippen LogP) is 1.22. The molecule has 0 fully saturated rings. The summed E-state index contributed by atoms with van der Waals surface area (Å²) in [5.74, 6) is 0.835. The van der Waals surface area contributed by atoms with Gasteiger partial charge in [-0.3, -0.25) is 0 Å². The Morgan fingerprint density at radius 2 is 2.27 bits per heavy atom. The van der Waals surface area contributed by atoms with Gasteiger partial charge in [0.15, 0.2) is 0 Å². The van der Waals surface area contributed by atoms with Gasteiger partial charge in [-0.25, -0.2) is 0 Å². The largest absolute Gasteiger partial charge is 0.361 e. The molecule has 0 bridgehead atoms. The summed E-state index contributed by atoms with van der Waals surface area (Å²) in [6.07, 6.45) is 0. The maximum absolute atomic E-state index is 5.57. The molecule has 1 aromatic rings. The Hall–Kier alpha value is -0.830. The van der Waals surface area contributed by atoms with Gasteiger partial charge in [0.25, 0.3) is 0 Å². The minimum Gasteiger partial charge on any atom is -0.361 e. The van der Waals surface area contributed by atoms with E-state index in [0.29, 0.717) is 6.54 Å². The number of hydrogen-bond donors (Lipinski definition) is 1. The summed E-state index contributed by atoms with van der Waals surface area (Å²) in [5.41, 5.74) is 6.42. The Labute approximate surface area is 66.6 Å². The zero-order valence-electron chi connectivity index (χ0n) is 7.22. The Morgan fingerprint density at radius 3 is 2.64 bits per heavy atom. The molecule has 0 atom stereocenters. The van der Waals surface area contributed by atoms with Crippen LogP contribution in [0.15, 0.2) is 10.6 Å². The Balaban J connectivity index is 2.92. The first-order valence-corrected chi connectivity index (χ1v) is 3.70. The average molecular weight is 154 g/mol. The first-order valence-electron chi connectivity index (χ1n) is 3.70. The van der Waals surface area contributed by atoms with Crippen LogP contribution in [-0.4, -0.2) is 11.7 Å². The van der Waals surface area contributed by atoms with Gasteiger partial charge in [0.1, 0.15) is 5.76 Å². The first-order chi connectivity index (χ1) is 5.06. The maximum Gasteiger partial charge on any atom is 0.133 e. The van der Waals surface area contributed by atoms with Gasteiger partial charge < -0.3 is 10.3 Å². The lowest BCUT2D eigenvalue weighted by Gasteiger charge is -2.17. The van der Waals surface area contributed by atoms with Gasteiger partial charge in [-0.1, -0.05) is 19.0 Å². The van der Waals surface area contributed by atoms with Crippen molar-refractivity contribution in [2.24, 2.45) is 5.73 Å². The second-order valence-corrected chi connectivity index (χ2v) is 3.41. The maximum atomic E-state index is 5.57. The normalized spacial score (nSPS) is 12.0. The topological polar surface area (TPSA) is 52.0 Å². The van der Waals surface area contributed by atoms with E-state index in [1.54, 1.807) is 0 Å². The molecule has 1 heterocycles. The molecule has 2 N–H and O–H groups in total. The van der Waals surface area contributed by atoms with Crippen LogP contribution in [0.3, 0.4) is 0 Å². The zero-order valence-corrected chi connectivity index (χ0v) is 7.22. The highest BCUT2D eigenvalue weighted by Gasteiger charge is 2.22. The minimum atomic E-state index is -0.0717. The van der Waals surface area contributed by atoms with E-state index in [9.17, 15) is 0 Å². The fourth-order valence-electron chi connectivity index (χ4n) is 0.790. The summed E-state index contributed by atoms with van der Waals surface area (Å²) in [7, 11) is 0. The van der Waals surface area contributed by atoms with Gasteiger partial charge in [-0.15, -0.1) is 0 Å². The number of hydrogen-bond acceptors (Lipinski definition) is 3. The predicted molar refractivity (Wildman–Crippen MR) is 43.3 cm³/mol. The molecule has 0 saturated heterocycles. The van der Waals surface area contributed by atoms with Crippen molar-refractivity contribution in [2.45, 2.75) is 26.2 Å². The molecule has 11 heavy (non-hydrogen) atoms. The summed E-state index contributed by atoms with van der Waals surface area (Å²) in [4.78, 5) is 0. The van der Waals surface area contributed by atoms with Crippen molar-refractivity contribution in [1.29, 1.82) is 0 Å². The lowest BCUT2D eigenvalue weighted by atomic mass is 9.90. The van der Waals surface area contributed by atoms with Gasteiger partial charge >= 0.3 is 0 Å². The van der Waals surface area contributed by atoms with Crippen molar-refractivity contribution in [3.63, 3.8) is 0 Å². The number of nitrogens with zero attached hydrogens (tertiary/aromatic N) is 1.